The van der Waals surface area contributed by atoms with E-state index in [0.29, 0.717) is 41.0 Å². The quantitative estimate of drug-likeness (QED) is 0.433. The molecule has 0 saturated heterocycles. The number of anilines is 2. The second-order valence-electron chi connectivity index (χ2n) is 8.50. The molecule has 1 aliphatic heterocycles. The molecule has 2 N–H and O–H groups in total. The molecule has 1 aliphatic rings. The second-order valence-corrected chi connectivity index (χ2v) is 8.50. The van der Waals surface area contributed by atoms with Gasteiger partial charge in [0.15, 0.2) is 0 Å². The van der Waals surface area contributed by atoms with E-state index >= 15 is 0 Å². The van der Waals surface area contributed by atoms with Crippen LogP contribution in [0.1, 0.15) is 28.4 Å². The van der Waals surface area contributed by atoms with Crippen LogP contribution >= 0.6 is 0 Å². The van der Waals surface area contributed by atoms with Crippen LogP contribution in [-0.4, -0.2) is 59.8 Å². The van der Waals surface area contributed by atoms with Crippen molar-refractivity contribution < 1.29 is 14.3 Å². The number of nitrogens with zero attached hydrogens (tertiary/aromatic N) is 4. The van der Waals surface area contributed by atoms with Gasteiger partial charge in [-0.05, 0) is 42.3 Å². The molecular weight excluding hydrogens is 444 g/mol. The molecule has 0 radical (unpaired) electrons. The van der Waals surface area contributed by atoms with Crippen molar-refractivity contribution in [1.29, 1.82) is 0 Å². The molecule has 0 saturated carbocycles. The third kappa shape index (κ3) is 3.95. The van der Waals surface area contributed by atoms with Gasteiger partial charge < -0.3 is 24.7 Å². The van der Waals surface area contributed by atoms with Crippen molar-refractivity contribution in [3.05, 3.63) is 59.3 Å². The van der Waals surface area contributed by atoms with E-state index in [1.54, 1.807) is 46.5 Å². The fraction of sp³-hybridized carbons (Fsp3) is 0.231. The maximum Gasteiger partial charge on any atom is 0.253 e. The van der Waals surface area contributed by atoms with Crippen molar-refractivity contribution in [2.45, 2.75) is 13.5 Å². The van der Waals surface area contributed by atoms with E-state index in [4.69, 9.17) is 9.47 Å². The van der Waals surface area contributed by atoms with Gasteiger partial charge in [0.2, 0.25) is 11.8 Å². The maximum absolute atomic E-state index is 12.3. The lowest BCUT2D eigenvalue weighted by atomic mass is 9.99. The van der Waals surface area contributed by atoms with E-state index in [1.165, 1.54) is 16.0 Å². The van der Waals surface area contributed by atoms with Crippen LogP contribution in [-0.2, 0) is 6.54 Å². The smallest absolute Gasteiger partial charge is 0.253 e. The number of fused-ring (bicyclic) bond motifs is 2. The van der Waals surface area contributed by atoms with Gasteiger partial charge in [-0.1, -0.05) is 12.1 Å². The molecule has 9 heteroatoms. The van der Waals surface area contributed by atoms with Crippen LogP contribution < -0.4 is 14.8 Å². The number of hydrogen-bond acceptors (Lipinski definition) is 7. The fourth-order valence-corrected chi connectivity index (χ4v) is 4.27. The Kier molecular flexibility index (Phi) is 5.60. The SMILES string of the molecule is COc1cc(C(=O)N(C)C)ccc1Nc1nc(OC)c2c(-c3ccc4c(c3)CN=C4C)c[nH]c2n1. The molecule has 3 heterocycles. The van der Waals surface area contributed by atoms with Crippen molar-refractivity contribution in [2.75, 3.05) is 33.6 Å². The third-order valence-corrected chi connectivity index (χ3v) is 6.09. The topological polar surface area (TPSA) is 105 Å². The zero-order valence-electron chi connectivity index (χ0n) is 20.3. The minimum absolute atomic E-state index is 0.110. The number of aromatic nitrogens is 3. The van der Waals surface area contributed by atoms with Gasteiger partial charge in [0.25, 0.3) is 5.91 Å². The number of hydrogen-bond donors (Lipinski definition) is 2. The summed E-state index contributed by atoms with van der Waals surface area (Å²) >= 11 is 0. The van der Waals surface area contributed by atoms with Gasteiger partial charge in [0.1, 0.15) is 11.4 Å². The Morgan fingerprint density at radius 3 is 2.63 bits per heavy atom. The van der Waals surface area contributed by atoms with Gasteiger partial charge in [0, 0.05) is 42.7 Å². The molecule has 0 aliphatic carbocycles. The highest BCUT2D eigenvalue weighted by atomic mass is 16.5. The van der Waals surface area contributed by atoms with E-state index in [2.05, 4.69) is 43.5 Å². The molecule has 9 nitrogen and oxygen atoms in total. The summed E-state index contributed by atoms with van der Waals surface area (Å²) in [6.45, 7) is 2.73. The number of aliphatic imine (C=N–C) groups is 1. The van der Waals surface area contributed by atoms with Crippen molar-refractivity contribution in [1.82, 2.24) is 19.9 Å². The molecule has 5 rings (SSSR count). The number of benzene rings is 2. The van der Waals surface area contributed by atoms with E-state index in [9.17, 15) is 4.79 Å². The molecule has 0 spiro atoms. The normalized spacial score (nSPS) is 12.3. The number of aromatic amines is 1. The monoisotopic (exact) mass is 470 g/mol. The van der Waals surface area contributed by atoms with Crippen molar-refractivity contribution >= 4 is 34.3 Å². The highest BCUT2D eigenvalue weighted by Crippen LogP contribution is 2.37. The molecule has 4 aromatic rings. The molecule has 35 heavy (non-hydrogen) atoms. The Balaban J connectivity index is 1.51. The molecule has 0 unspecified atom stereocenters. The number of H-pyrrole nitrogens is 1. The molecular formula is C26H26N6O3. The van der Waals surface area contributed by atoms with E-state index in [0.717, 1.165) is 22.2 Å². The zero-order valence-corrected chi connectivity index (χ0v) is 20.3. The van der Waals surface area contributed by atoms with Crippen LogP contribution in [0.3, 0.4) is 0 Å². The Hall–Kier alpha value is -4.40. The molecule has 2 aromatic carbocycles. The van der Waals surface area contributed by atoms with E-state index < -0.39 is 0 Å². The third-order valence-electron chi connectivity index (χ3n) is 6.09. The lowest BCUT2D eigenvalue weighted by Gasteiger charge is -2.14. The first-order chi connectivity index (χ1) is 16.9. The zero-order chi connectivity index (χ0) is 24.7. The summed E-state index contributed by atoms with van der Waals surface area (Å²) in [5.41, 5.74) is 7.26. The van der Waals surface area contributed by atoms with Gasteiger partial charge in [0.05, 0.1) is 31.8 Å². The summed E-state index contributed by atoms with van der Waals surface area (Å²) in [6.07, 6.45) is 1.91. The number of nitrogens with one attached hydrogen (secondary N) is 2. The number of carbonyl (C=O) groups excluding carboxylic acids is 1. The summed E-state index contributed by atoms with van der Waals surface area (Å²) in [7, 11) is 6.55. The van der Waals surface area contributed by atoms with Crippen LogP contribution in [0.4, 0.5) is 11.6 Å². The highest BCUT2D eigenvalue weighted by molar-refractivity contribution is 6.03. The minimum atomic E-state index is -0.110. The van der Waals surface area contributed by atoms with Gasteiger partial charge in [-0.2, -0.15) is 9.97 Å². The first-order valence-corrected chi connectivity index (χ1v) is 11.1. The number of rotatable bonds is 6. The Morgan fingerprint density at radius 1 is 1.06 bits per heavy atom. The number of carbonyl (C=O) groups is 1. The number of ether oxygens (including phenoxy) is 2. The maximum atomic E-state index is 12.3. The Bertz CT molecular complexity index is 1490. The van der Waals surface area contributed by atoms with Crippen LogP contribution in [0.15, 0.2) is 47.6 Å². The van der Waals surface area contributed by atoms with Gasteiger partial charge in [-0.15, -0.1) is 0 Å². The van der Waals surface area contributed by atoms with Crippen LogP contribution in [0, 0.1) is 0 Å². The van der Waals surface area contributed by atoms with Crippen molar-refractivity contribution in [3.63, 3.8) is 0 Å². The van der Waals surface area contributed by atoms with E-state index in [1.807, 2.05) is 13.1 Å². The predicted octanol–water partition coefficient (Wildman–Crippen LogP) is 4.41. The molecule has 178 valence electrons. The summed E-state index contributed by atoms with van der Waals surface area (Å²) in [5.74, 6) is 1.18. The van der Waals surface area contributed by atoms with Crippen molar-refractivity contribution in [2.24, 2.45) is 4.99 Å². The average molecular weight is 471 g/mol. The first-order valence-electron chi connectivity index (χ1n) is 11.1. The summed E-state index contributed by atoms with van der Waals surface area (Å²) in [4.78, 5) is 30.9. The minimum Gasteiger partial charge on any atom is -0.495 e. The van der Waals surface area contributed by atoms with Crippen LogP contribution in [0.25, 0.3) is 22.2 Å². The van der Waals surface area contributed by atoms with Gasteiger partial charge in [-0.3, -0.25) is 9.79 Å². The molecule has 0 atom stereocenters. The fourth-order valence-electron chi connectivity index (χ4n) is 4.27. The Morgan fingerprint density at radius 2 is 1.89 bits per heavy atom. The highest BCUT2D eigenvalue weighted by Gasteiger charge is 2.19. The number of amides is 1. The van der Waals surface area contributed by atoms with E-state index in [-0.39, 0.29) is 5.91 Å². The summed E-state index contributed by atoms with van der Waals surface area (Å²) in [6, 6.07) is 11.5. The Labute approximate surface area is 202 Å². The lowest BCUT2D eigenvalue weighted by Crippen LogP contribution is -2.21. The summed E-state index contributed by atoms with van der Waals surface area (Å²) in [5, 5.41) is 3.98. The largest absolute Gasteiger partial charge is 0.495 e. The first kappa shape index (κ1) is 22.4. The lowest BCUT2D eigenvalue weighted by molar-refractivity contribution is 0.0827. The van der Waals surface area contributed by atoms with Gasteiger partial charge in [-0.25, -0.2) is 0 Å². The number of methoxy groups -OCH3 is 2. The van der Waals surface area contributed by atoms with Crippen LogP contribution in [0.5, 0.6) is 11.6 Å². The second kappa shape index (κ2) is 8.75. The predicted molar refractivity (Wildman–Crippen MR) is 136 cm³/mol. The molecule has 0 fully saturated rings. The van der Waals surface area contributed by atoms with Gasteiger partial charge >= 0.3 is 0 Å². The average Bonchev–Trinajstić information content (AvgIpc) is 3.46. The van der Waals surface area contributed by atoms with Crippen molar-refractivity contribution in [3.8, 4) is 22.8 Å². The summed E-state index contributed by atoms with van der Waals surface area (Å²) < 4.78 is 11.2. The van der Waals surface area contributed by atoms with Crippen LogP contribution in [0.2, 0.25) is 0 Å². The molecule has 1 amide bonds. The molecule has 0 bridgehead atoms. The molecule has 2 aromatic heterocycles. The standard InChI is InChI=1S/C26H26N6O3/c1-14-18-8-6-15(10-17(18)12-27-14)19-13-28-23-22(19)24(35-5)31-26(30-23)29-20-9-7-16(11-21(20)34-4)25(33)32(2)3/h6-11,13H,12H2,1-5H3,(H2,28,29,30,31).